The van der Waals surface area contributed by atoms with E-state index in [4.69, 9.17) is 5.11 Å². The highest BCUT2D eigenvalue weighted by atomic mass is 32.1. The number of carboxylic acid groups (broad SMARTS) is 1. The maximum absolute atomic E-state index is 12.0. The SMILES string of the molecule is Cc1nnsc1C(=O)N1CC[C@H](C(=O)O)C1. The first-order chi connectivity index (χ1) is 7.59. The van der Waals surface area contributed by atoms with Crippen LogP contribution in [0.15, 0.2) is 0 Å². The largest absolute Gasteiger partial charge is 0.481 e. The first-order valence-electron chi connectivity index (χ1n) is 4.90. The van der Waals surface area contributed by atoms with E-state index >= 15 is 0 Å². The third-order valence-electron chi connectivity index (χ3n) is 2.67. The van der Waals surface area contributed by atoms with Crippen LogP contribution in [0.4, 0.5) is 0 Å². The summed E-state index contributed by atoms with van der Waals surface area (Å²) in [4.78, 5) is 24.8. The molecule has 1 atom stereocenters. The second-order valence-electron chi connectivity index (χ2n) is 3.76. The maximum Gasteiger partial charge on any atom is 0.308 e. The second kappa shape index (κ2) is 4.17. The molecule has 2 heterocycles. The average Bonchev–Trinajstić information content (AvgIpc) is 2.84. The molecule has 0 saturated carbocycles. The number of rotatable bonds is 2. The summed E-state index contributed by atoms with van der Waals surface area (Å²) < 4.78 is 3.70. The minimum absolute atomic E-state index is 0.156. The number of hydrogen-bond acceptors (Lipinski definition) is 5. The lowest BCUT2D eigenvalue weighted by molar-refractivity contribution is -0.141. The van der Waals surface area contributed by atoms with E-state index in [1.165, 1.54) is 0 Å². The quantitative estimate of drug-likeness (QED) is 0.810. The van der Waals surface area contributed by atoms with Gasteiger partial charge in [0.05, 0.1) is 11.6 Å². The molecule has 0 radical (unpaired) electrons. The van der Waals surface area contributed by atoms with Crippen molar-refractivity contribution in [3.8, 4) is 0 Å². The van der Waals surface area contributed by atoms with Gasteiger partial charge >= 0.3 is 5.97 Å². The molecule has 0 bridgehead atoms. The molecule has 1 amide bonds. The minimum atomic E-state index is -0.838. The van der Waals surface area contributed by atoms with Crippen LogP contribution in [0.3, 0.4) is 0 Å². The van der Waals surface area contributed by atoms with Crippen LogP contribution in [0.2, 0.25) is 0 Å². The number of aromatic nitrogens is 2. The Bertz CT molecular complexity index is 431. The molecule has 2 rings (SSSR count). The highest BCUT2D eigenvalue weighted by Gasteiger charge is 2.32. The number of nitrogens with zero attached hydrogens (tertiary/aromatic N) is 3. The van der Waals surface area contributed by atoms with Crippen LogP contribution in [-0.2, 0) is 4.79 Å². The van der Waals surface area contributed by atoms with E-state index in [9.17, 15) is 9.59 Å². The molecule has 0 aromatic carbocycles. The van der Waals surface area contributed by atoms with Crippen molar-refractivity contribution in [2.24, 2.45) is 5.92 Å². The van der Waals surface area contributed by atoms with Crippen LogP contribution < -0.4 is 0 Å². The Morgan fingerprint density at radius 2 is 2.31 bits per heavy atom. The number of aryl methyl sites for hydroxylation is 1. The zero-order valence-electron chi connectivity index (χ0n) is 8.71. The van der Waals surface area contributed by atoms with Gasteiger partial charge < -0.3 is 10.0 Å². The minimum Gasteiger partial charge on any atom is -0.481 e. The van der Waals surface area contributed by atoms with E-state index in [0.717, 1.165) is 11.5 Å². The van der Waals surface area contributed by atoms with E-state index in [1.54, 1.807) is 11.8 Å². The fourth-order valence-electron chi connectivity index (χ4n) is 1.72. The first-order valence-corrected chi connectivity index (χ1v) is 5.68. The third-order valence-corrected chi connectivity index (χ3v) is 3.49. The molecular weight excluding hydrogens is 230 g/mol. The van der Waals surface area contributed by atoms with Crippen molar-refractivity contribution in [3.05, 3.63) is 10.6 Å². The van der Waals surface area contributed by atoms with Gasteiger partial charge in [0, 0.05) is 13.1 Å². The standard InChI is InChI=1S/C9H11N3O3S/c1-5-7(16-11-10-5)8(13)12-3-2-6(4-12)9(14)15/h6H,2-4H2,1H3,(H,14,15)/t6-/m0/s1. The van der Waals surface area contributed by atoms with Crippen molar-refractivity contribution >= 4 is 23.4 Å². The second-order valence-corrected chi connectivity index (χ2v) is 4.52. The monoisotopic (exact) mass is 241 g/mol. The molecule has 1 N–H and O–H groups in total. The van der Waals surface area contributed by atoms with Gasteiger partial charge in [-0.1, -0.05) is 4.49 Å². The number of aliphatic carboxylic acids is 1. The smallest absolute Gasteiger partial charge is 0.308 e. The van der Waals surface area contributed by atoms with Gasteiger partial charge in [0.2, 0.25) is 0 Å². The summed E-state index contributed by atoms with van der Waals surface area (Å²) in [6.45, 7) is 2.50. The van der Waals surface area contributed by atoms with Crippen LogP contribution in [0.25, 0.3) is 0 Å². The molecular formula is C9H11N3O3S. The fourth-order valence-corrected chi connectivity index (χ4v) is 2.34. The van der Waals surface area contributed by atoms with Crippen molar-refractivity contribution in [2.75, 3.05) is 13.1 Å². The van der Waals surface area contributed by atoms with E-state index in [-0.39, 0.29) is 12.5 Å². The highest BCUT2D eigenvalue weighted by Crippen LogP contribution is 2.21. The van der Waals surface area contributed by atoms with Gasteiger partial charge in [-0.05, 0) is 24.9 Å². The zero-order valence-corrected chi connectivity index (χ0v) is 9.53. The van der Waals surface area contributed by atoms with Crippen molar-refractivity contribution < 1.29 is 14.7 Å². The van der Waals surface area contributed by atoms with E-state index in [0.29, 0.717) is 23.5 Å². The van der Waals surface area contributed by atoms with E-state index in [2.05, 4.69) is 9.59 Å². The fraction of sp³-hybridized carbons (Fsp3) is 0.556. The molecule has 0 unspecified atom stereocenters. The van der Waals surface area contributed by atoms with E-state index in [1.807, 2.05) is 0 Å². The molecule has 16 heavy (non-hydrogen) atoms. The summed E-state index contributed by atoms with van der Waals surface area (Å²) >= 11 is 1.05. The molecule has 0 aliphatic carbocycles. The normalized spacial score (nSPS) is 20.1. The Balaban J connectivity index is 2.08. The summed E-state index contributed by atoms with van der Waals surface area (Å²) in [5.74, 6) is -1.43. The van der Waals surface area contributed by atoms with Gasteiger partial charge in [-0.2, -0.15) is 0 Å². The van der Waals surface area contributed by atoms with Gasteiger partial charge in [0.25, 0.3) is 5.91 Å². The molecule has 0 spiro atoms. The van der Waals surface area contributed by atoms with Crippen molar-refractivity contribution in [3.63, 3.8) is 0 Å². The van der Waals surface area contributed by atoms with Crippen molar-refractivity contribution in [1.29, 1.82) is 0 Å². The van der Waals surface area contributed by atoms with Gasteiger partial charge in [-0.15, -0.1) is 5.10 Å². The lowest BCUT2D eigenvalue weighted by atomic mass is 10.1. The predicted octanol–water partition coefficient (Wildman–Crippen LogP) is 0.393. The van der Waals surface area contributed by atoms with Gasteiger partial charge in [-0.25, -0.2) is 0 Å². The Kier molecular flexibility index (Phi) is 2.86. The topological polar surface area (TPSA) is 83.4 Å². The molecule has 86 valence electrons. The molecule has 1 aromatic heterocycles. The van der Waals surface area contributed by atoms with Crippen LogP contribution >= 0.6 is 11.5 Å². The third kappa shape index (κ3) is 1.90. The zero-order chi connectivity index (χ0) is 11.7. The number of carbonyl (C=O) groups excluding carboxylic acids is 1. The Morgan fingerprint density at radius 3 is 2.81 bits per heavy atom. The number of likely N-dealkylation sites (tertiary alicyclic amines) is 1. The Morgan fingerprint density at radius 1 is 1.56 bits per heavy atom. The summed E-state index contributed by atoms with van der Waals surface area (Å²) in [5, 5.41) is 12.6. The number of carbonyl (C=O) groups is 2. The summed E-state index contributed by atoms with van der Waals surface area (Å²) in [6, 6.07) is 0. The van der Waals surface area contributed by atoms with Gasteiger partial charge in [0.1, 0.15) is 4.88 Å². The van der Waals surface area contributed by atoms with Crippen LogP contribution in [-0.4, -0.2) is 44.6 Å². The van der Waals surface area contributed by atoms with Gasteiger partial charge in [0.15, 0.2) is 0 Å². The summed E-state index contributed by atoms with van der Waals surface area (Å²) in [6.07, 6.45) is 0.520. The predicted molar refractivity (Wildman–Crippen MR) is 56.3 cm³/mol. The number of amides is 1. The molecule has 1 aliphatic heterocycles. The van der Waals surface area contributed by atoms with Crippen LogP contribution in [0.1, 0.15) is 21.8 Å². The molecule has 1 fully saturated rings. The Labute approximate surface area is 96.0 Å². The molecule has 6 nitrogen and oxygen atoms in total. The average molecular weight is 241 g/mol. The van der Waals surface area contributed by atoms with Crippen molar-refractivity contribution in [2.45, 2.75) is 13.3 Å². The van der Waals surface area contributed by atoms with Crippen molar-refractivity contribution in [1.82, 2.24) is 14.5 Å². The molecule has 1 saturated heterocycles. The summed E-state index contributed by atoms with van der Waals surface area (Å²) in [5.41, 5.74) is 0.605. The molecule has 1 aliphatic rings. The molecule has 7 heteroatoms. The lowest BCUT2D eigenvalue weighted by Crippen LogP contribution is -2.29. The van der Waals surface area contributed by atoms with Crippen LogP contribution in [0.5, 0.6) is 0 Å². The van der Waals surface area contributed by atoms with E-state index < -0.39 is 11.9 Å². The lowest BCUT2D eigenvalue weighted by Gasteiger charge is -2.14. The highest BCUT2D eigenvalue weighted by molar-refractivity contribution is 7.07. The molecule has 1 aromatic rings. The number of hydrogen-bond donors (Lipinski definition) is 1. The van der Waals surface area contributed by atoms with Gasteiger partial charge in [-0.3, -0.25) is 9.59 Å². The maximum atomic E-state index is 12.0. The number of carboxylic acids is 1. The Hall–Kier alpha value is -1.50. The first kappa shape index (κ1) is 11.0. The summed E-state index contributed by atoms with van der Waals surface area (Å²) in [7, 11) is 0. The van der Waals surface area contributed by atoms with Crippen LogP contribution in [0, 0.1) is 12.8 Å².